The van der Waals surface area contributed by atoms with Crippen molar-refractivity contribution in [2.45, 2.75) is 32.7 Å². The van der Waals surface area contributed by atoms with Crippen molar-refractivity contribution < 1.29 is 0 Å². The van der Waals surface area contributed by atoms with Gasteiger partial charge in [0, 0.05) is 16.3 Å². The number of thiophene rings is 2. The Kier molecular flexibility index (Phi) is 3.19. The largest absolute Gasteiger partial charge is 0.348 e. The zero-order valence-corrected chi connectivity index (χ0v) is 13.8. The van der Waals surface area contributed by atoms with E-state index in [0.717, 1.165) is 17.2 Å². The second-order valence-electron chi connectivity index (χ2n) is 5.53. The molecule has 3 nitrogen and oxygen atoms in total. The Morgan fingerprint density at radius 2 is 2.19 bits per heavy atom. The van der Waals surface area contributed by atoms with Gasteiger partial charge in [0.15, 0.2) is 0 Å². The van der Waals surface area contributed by atoms with Crippen molar-refractivity contribution in [1.82, 2.24) is 9.97 Å². The van der Waals surface area contributed by atoms with Gasteiger partial charge in [0.05, 0.1) is 11.4 Å². The summed E-state index contributed by atoms with van der Waals surface area (Å²) in [5, 5.41) is 3.42. The molecule has 0 spiro atoms. The molecule has 0 bridgehead atoms. The Hall–Kier alpha value is -1.46. The highest BCUT2D eigenvalue weighted by Crippen LogP contribution is 2.42. The van der Waals surface area contributed by atoms with Crippen LogP contribution in [-0.2, 0) is 0 Å². The van der Waals surface area contributed by atoms with Gasteiger partial charge in [0.25, 0.3) is 0 Å². The molecule has 3 aromatic heterocycles. The van der Waals surface area contributed by atoms with Crippen molar-refractivity contribution in [2.75, 3.05) is 11.4 Å². The van der Waals surface area contributed by atoms with Crippen LogP contribution < -0.4 is 4.90 Å². The van der Waals surface area contributed by atoms with Crippen LogP contribution in [0.1, 0.15) is 34.2 Å². The molecule has 5 heteroatoms. The fourth-order valence-electron chi connectivity index (χ4n) is 3.18. The maximum Gasteiger partial charge on any atom is 0.141 e. The molecule has 1 atom stereocenters. The van der Waals surface area contributed by atoms with E-state index in [0.29, 0.717) is 6.04 Å². The molecule has 21 heavy (non-hydrogen) atoms. The van der Waals surface area contributed by atoms with Gasteiger partial charge >= 0.3 is 0 Å². The number of fused-ring (bicyclic) bond motifs is 1. The number of hydrogen-bond acceptors (Lipinski definition) is 5. The summed E-state index contributed by atoms with van der Waals surface area (Å²) in [6.07, 6.45) is 4.17. The lowest BCUT2D eigenvalue weighted by Crippen LogP contribution is -2.23. The maximum atomic E-state index is 4.65. The lowest BCUT2D eigenvalue weighted by atomic mass is 10.1. The van der Waals surface area contributed by atoms with E-state index >= 15 is 0 Å². The summed E-state index contributed by atoms with van der Waals surface area (Å²) < 4.78 is 0. The smallest absolute Gasteiger partial charge is 0.141 e. The average molecular weight is 315 g/mol. The van der Waals surface area contributed by atoms with Crippen molar-refractivity contribution >= 4 is 38.7 Å². The van der Waals surface area contributed by atoms with Crippen LogP contribution >= 0.6 is 22.7 Å². The lowest BCUT2D eigenvalue weighted by Gasteiger charge is -2.25. The molecule has 0 amide bonds. The van der Waals surface area contributed by atoms with Crippen molar-refractivity contribution in [3.05, 3.63) is 39.2 Å². The van der Waals surface area contributed by atoms with E-state index in [9.17, 15) is 0 Å². The SMILES string of the molecule is Cc1sc2ncnc(N3CCC[C@H]3c3cccs3)c2c1C. The van der Waals surface area contributed by atoms with Crippen LogP contribution in [0.15, 0.2) is 23.8 Å². The van der Waals surface area contributed by atoms with Gasteiger partial charge < -0.3 is 4.90 Å². The van der Waals surface area contributed by atoms with Crippen LogP contribution in [0.4, 0.5) is 5.82 Å². The predicted octanol–water partition coefficient (Wildman–Crippen LogP) is 4.71. The first-order valence-corrected chi connectivity index (χ1v) is 8.96. The first kappa shape index (κ1) is 13.2. The molecule has 0 aromatic carbocycles. The van der Waals surface area contributed by atoms with E-state index in [2.05, 4.69) is 46.2 Å². The number of aromatic nitrogens is 2. The molecule has 1 fully saturated rings. The Labute approximate surface area is 132 Å². The second-order valence-corrected chi connectivity index (χ2v) is 7.71. The Bertz CT molecular complexity index is 776. The van der Waals surface area contributed by atoms with Gasteiger partial charge in [-0.2, -0.15) is 0 Å². The topological polar surface area (TPSA) is 29.0 Å². The summed E-state index contributed by atoms with van der Waals surface area (Å²) in [6, 6.07) is 4.87. The molecule has 1 saturated heterocycles. The van der Waals surface area contributed by atoms with Gasteiger partial charge in [0.2, 0.25) is 0 Å². The normalized spacial score (nSPS) is 18.8. The summed E-state index contributed by atoms with van der Waals surface area (Å²) >= 11 is 3.63. The van der Waals surface area contributed by atoms with Crippen molar-refractivity contribution in [2.24, 2.45) is 0 Å². The van der Waals surface area contributed by atoms with Crippen LogP contribution in [0, 0.1) is 13.8 Å². The number of nitrogens with zero attached hydrogens (tertiary/aromatic N) is 3. The van der Waals surface area contributed by atoms with Crippen LogP contribution in [0.2, 0.25) is 0 Å². The third kappa shape index (κ3) is 2.07. The molecule has 0 aliphatic carbocycles. The predicted molar refractivity (Wildman–Crippen MR) is 90.5 cm³/mol. The summed E-state index contributed by atoms with van der Waals surface area (Å²) in [6.45, 7) is 5.45. The zero-order valence-electron chi connectivity index (χ0n) is 12.2. The molecule has 3 aromatic rings. The Balaban J connectivity index is 1.86. The van der Waals surface area contributed by atoms with Gasteiger partial charge in [-0.3, -0.25) is 0 Å². The van der Waals surface area contributed by atoms with Crippen molar-refractivity contribution in [3.8, 4) is 0 Å². The van der Waals surface area contributed by atoms with Crippen LogP contribution in [-0.4, -0.2) is 16.5 Å². The van der Waals surface area contributed by atoms with E-state index in [4.69, 9.17) is 0 Å². The Morgan fingerprint density at radius 1 is 1.29 bits per heavy atom. The number of aryl methyl sites for hydroxylation is 2. The van der Waals surface area contributed by atoms with Crippen molar-refractivity contribution in [1.29, 1.82) is 0 Å². The minimum absolute atomic E-state index is 0.475. The maximum absolute atomic E-state index is 4.65. The highest BCUT2D eigenvalue weighted by atomic mass is 32.1. The molecule has 0 radical (unpaired) electrons. The number of rotatable bonds is 2. The van der Waals surface area contributed by atoms with Crippen molar-refractivity contribution in [3.63, 3.8) is 0 Å². The highest BCUT2D eigenvalue weighted by molar-refractivity contribution is 7.18. The summed E-state index contributed by atoms with van der Waals surface area (Å²) in [7, 11) is 0. The Morgan fingerprint density at radius 3 is 3.00 bits per heavy atom. The third-order valence-corrected chi connectivity index (χ3v) is 6.43. The zero-order chi connectivity index (χ0) is 14.4. The molecule has 108 valence electrons. The minimum Gasteiger partial charge on any atom is -0.348 e. The third-order valence-electron chi connectivity index (χ3n) is 4.34. The van der Waals surface area contributed by atoms with E-state index in [-0.39, 0.29) is 0 Å². The minimum atomic E-state index is 0.475. The number of hydrogen-bond donors (Lipinski definition) is 0. The van der Waals surface area contributed by atoms with Gasteiger partial charge in [-0.1, -0.05) is 6.07 Å². The molecule has 1 aliphatic heterocycles. The molecular formula is C16H17N3S2. The molecule has 4 heterocycles. The first-order chi connectivity index (χ1) is 10.3. The first-order valence-electron chi connectivity index (χ1n) is 7.26. The molecule has 0 saturated carbocycles. The van der Waals surface area contributed by atoms with Gasteiger partial charge in [-0.15, -0.1) is 22.7 Å². The van der Waals surface area contributed by atoms with Crippen LogP contribution in [0.3, 0.4) is 0 Å². The average Bonchev–Trinajstić information content (AvgIpc) is 3.20. The van der Waals surface area contributed by atoms with Crippen LogP contribution in [0.5, 0.6) is 0 Å². The fraction of sp³-hybridized carbons (Fsp3) is 0.375. The standard InChI is InChI=1S/C16H17N3S2/c1-10-11(2)21-16-14(10)15(17-9-18-16)19-7-3-5-12(19)13-6-4-8-20-13/h4,6,8-9,12H,3,5,7H2,1-2H3/t12-/m0/s1. The van der Waals surface area contributed by atoms with Gasteiger partial charge in [-0.05, 0) is 43.7 Å². The molecule has 1 aliphatic rings. The monoisotopic (exact) mass is 315 g/mol. The highest BCUT2D eigenvalue weighted by Gasteiger charge is 2.30. The van der Waals surface area contributed by atoms with E-state index in [1.807, 2.05) is 11.3 Å². The molecule has 0 unspecified atom stereocenters. The quantitative estimate of drug-likeness (QED) is 0.685. The second kappa shape index (κ2) is 5.07. The lowest BCUT2D eigenvalue weighted by molar-refractivity contribution is 0.727. The van der Waals surface area contributed by atoms with E-state index < -0.39 is 0 Å². The summed E-state index contributed by atoms with van der Waals surface area (Å²) in [5.74, 6) is 1.12. The molecule has 4 rings (SSSR count). The van der Waals surface area contributed by atoms with Crippen LogP contribution in [0.25, 0.3) is 10.2 Å². The van der Waals surface area contributed by atoms with Gasteiger partial charge in [0.1, 0.15) is 17.0 Å². The summed E-state index contributed by atoms with van der Waals surface area (Å²) in [4.78, 5) is 15.5. The van der Waals surface area contributed by atoms with E-state index in [1.54, 1.807) is 17.7 Å². The molecular weight excluding hydrogens is 298 g/mol. The number of anilines is 1. The van der Waals surface area contributed by atoms with E-state index in [1.165, 1.54) is 33.5 Å². The molecule has 0 N–H and O–H groups in total. The van der Waals surface area contributed by atoms with Gasteiger partial charge in [-0.25, -0.2) is 9.97 Å². The summed E-state index contributed by atoms with van der Waals surface area (Å²) in [5.41, 5.74) is 1.34. The fourth-order valence-corrected chi connectivity index (χ4v) is 5.04.